The summed E-state index contributed by atoms with van der Waals surface area (Å²) in [6.45, 7) is 8.47. The molecular formula is C12H18ClN3OS. The normalized spacial score (nSPS) is 18.9. The van der Waals surface area contributed by atoms with Crippen LogP contribution >= 0.6 is 22.9 Å². The van der Waals surface area contributed by atoms with Crippen molar-refractivity contribution in [3.8, 4) is 0 Å². The third kappa shape index (κ3) is 2.84. The van der Waals surface area contributed by atoms with Crippen molar-refractivity contribution in [3.63, 3.8) is 0 Å². The number of hydrogen-bond donors (Lipinski definition) is 0. The van der Waals surface area contributed by atoms with Gasteiger partial charge in [0.2, 0.25) is 0 Å². The Kier molecular flexibility index (Phi) is 4.59. The number of halogens is 1. The second kappa shape index (κ2) is 5.99. The smallest absolute Gasteiger partial charge is 0.187 e. The Morgan fingerprint density at radius 2 is 2.11 bits per heavy atom. The van der Waals surface area contributed by atoms with Crippen molar-refractivity contribution in [2.75, 3.05) is 31.1 Å². The Labute approximate surface area is 117 Å². The van der Waals surface area contributed by atoms with Gasteiger partial charge in [-0.05, 0) is 13.3 Å². The van der Waals surface area contributed by atoms with E-state index in [2.05, 4.69) is 28.6 Å². The molecule has 1 saturated heterocycles. The van der Waals surface area contributed by atoms with Crippen molar-refractivity contribution >= 4 is 34.4 Å². The third-order valence-electron chi connectivity index (χ3n) is 3.50. The molecule has 0 aromatic carbocycles. The van der Waals surface area contributed by atoms with E-state index < -0.39 is 0 Å². The molecule has 1 aliphatic rings. The van der Waals surface area contributed by atoms with E-state index in [1.54, 1.807) is 0 Å². The van der Waals surface area contributed by atoms with Gasteiger partial charge in [0.15, 0.2) is 16.6 Å². The number of aromatic nitrogens is 1. The van der Waals surface area contributed by atoms with E-state index in [0.29, 0.717) is 16.1 Å². The highest BCUT2D eigenvalue weighted by molar-refractivity contribution is 7.17. The lowest BCUT2D eigenvalue weighted by atomic mass is 10.2. The molecule has 1 aromatic rings. The quantitative estimate of drug-likeness (QED) is 0.798. The highest BCUT2D eigenvalue weighted by atomic mass is 35.5. The zero-order chi connectivity index (χ0) is 13.1. The number of nitrogens with zero attached hydrogens (tertiary/aromatic N) is 3. The minimum Gasteiger partial charge on any atom is -0.345 e. The molecule has 18 heavy (non-hydrogen) atoms. The summed E-state index contributed by atoms with van der Waals surface area (Å²) < 4.78 is 0. The third-order valence-corrected chi connectivity index (χ3v) is 4.95. The second-order valence-corrected chi connectivity index (χ2v) is 5.92. The predicted octanol–water partition coefficient (Wildman–Crippen LogP) is 2.53. The predicted molar refractivity (Wildman–Crippen MR) is 76.1 cm³/mol. The van der Waals surface area contributed by atoms with Gasteiger partial charge in [0, 0.05) is 32.2 Å². The zero-order valence-corrected chi connectivity index (χ0v) is 12.3. The Balaban J connectivity index is 1.98. The van der Waals surface area contributed by atoms with E-state index in [4.69, 9.17) is 11.6 Å². The number of thiazole rings is 1. The Hall–Kier alpha value is -0.650. The first-order valence-electron chi connectivity index (χ1n) is 6.26. The van der Waals surface area contributed by atoms with E-state index in [-0.39, 0.29) is 0 Å². The molecule has 0 saturated carbocycles. The molecule has 0 N–H and O–H groups in total. The van der Waals surface area contributed by atoms with Gasteiger partial charge in [-0.1, -0.05) is 29.9 Å². The molecule has 1 aromatic heterocycles. The summed E-state index contributed by atoms with van der Waals surface area (Å²) in [4.78, 5) is 20.2. The molecule has 0 radical (unpaired) electrons. The van der Waals surface area contributed by atoms with Crippen molar-refractivity contribution in [1.82, 2.24) is 9.88 Å². The highest BCUT2D eigenvalue weighted by Crippen LogP contribution is 2.29. The topological polar surface area (TPSA) is 36.4 Å². The van der Waals surface area contributed by atoms with E-state index >= 15 is 0 Å². The molecule has 100 valence electrons. The van der Waals surface area contributed by atoms with Gasteiger partial charge in [-0.3, -0.25) is 9.69 Å². The lowest BCUT2D eigenvalue weighted by Gasteiger charge is -2.37. The van der Waals surface area contributed by atoms with Gasteiger partial charge in [0.25, 0.3) is 0 Å². The van der Waals surface area contributed by atoms with Crippen LogP contribution in [-0.2, 0) is 0 Å². The molecular weight excluding hydrogens is 270 g/mol. The molecule has 1 fully saturated rings. The molecule has 1 unspecified atom stereocenters. The minimum absolute atomic E-state index is 0.328. The lowest BCUT2D eigenvalue weighted by Crippen LogP contribution is -2.49. The molecule has 1 atom stereocenters. The summed E-state index contributed by atoms with van der Waals surface area (Å²) in [7, 11) is 0. The maximum atomic E-state index is 10.8. The summed E-state index contributed by atoms with van der Waals surface area (Å²) in [5.41, 5.74) is 0. The number of anilines is 1. The van der Waals surface area contributed by atoms with E-state index in [9.17, 15) is 4.79 Å². The van der Waals surface area contributed by atoms with Crippen molar-refractivity contribution < 1.29 is 4.79 Å². The van der Waals surface area contributed by atoms with E-state index in [0.717, 1.165) is 37.6 Å². The summed E-state index contributed by atoms with van der Waals surface area (Å²) >= 11 is 7.27. The van der Waals surface area contributed by atoms with Gasteiger partial charge in [-0.2, -0.15) is 0 Å². The summed E-state index contributed by atoms with van der Waals surface area (Å²) in [5.74, 6) is 0. The standard InChI is InChI=1S/C12H18ClN3OS/c1-3-9(2)15-4-6-16(7-5-15)12-14-11(13)10(8-17)18-12/h8-9H,3-7H2,1-2H3. The SMILES string of the molecule is CCC(C)N1CCN(c2nc(Cl)c(C=O)s2)CC1. The second-order valence-electron chi connectivity index (χ2n) is 4.55. The first kappa shape index (κ1) is 13.8. The Morgan fingerprint density at radius 3 is 2.61 bits per heavy atom. The Morgan fingerprint density at radius 1 is 1.44 bits per heavy atom. The van der Waals surface area contributed by atoms with Crippen LogP contribution in [0, 0.1) is 0 Å². The van der Waals surface area contributed by atoms with Crippen LogP contribution in [-0.4, -0.2) is 48.4 Å². The summed E-state index contributed by atoms with van der Waals surface area (Å²) in [6, 6.07) is 0.637. The van der Waals surface area contributed by atoms with Crippen LogP contribution in [0.5, 0.6) is 0 Å². The van der Waals surface area contributed by atoms with Gasteiger partial charge in [-0.25, -0.2) is 4.98 Å². The minimum atomic E-state index is 0.328. The van der Waals surface area contributed by atoms with Crippen LogP contribution in [0.3, 0.4) is 0 Å². The van der Waals surface area contributed by atoms with Gasteiger partial charge in [0.1, 0.15) is 4.88 Å². The van der Waals surface area contributed by atoms with Crippen molar-refractivity contribution in [2.45, 2.75) is 26.3 Å². The lowest BCUT2D eigenvalue weighted by molar-refractivity contribution is 0.112. The van der Waals surface area contributed by atoms with Crippen LogP contribution in [0.2, 0.25) is 5.15 Å². The van der Waals surface area contributed by atoms with E-state index in [1.807, 2.05) is 0 Å². The molecule has 0 amide bonds. The van der Waals surface area contributed by atoms with Crippen LogP contribution < -0.4 is 4.90 Å². The molecule has 2 heterocycles. The van der Waals surface area contributed by atoms with Gasteiger partial charge < -0.3 is 4.90 Å². The largest absolute Gasteiger partial charge is 0.345 e. The number of piperazine rings is 1. The van der Waals surface area contributed by atoms with Crippen LogP contribution in [0.15, 0.2) is 0 Å². The Bertz CT molecular complexity index is 415. The molecule has 0 bridgehead atoms. The fourth-order valence-corrected chi connectivity index (χ4v) is 3.24. The molecule has 0 spiro atoms. The molecule has 0 aliphatic carbocycles. The first-order chi connectivity index (χ1) is 8.65. The molecule has 1 aliphatic heterocycles. The van der Waals surface area contributed by atoms with Crippen molar-refractivity contribution in [3.05, 3.63) is 10.0 Å². The number of carbonyl (C=O) groups excluding carboxylic acids is 1. The highest BCUT2D eigenvalue weighted by Gasteiger charge is 2.22. The number of carbonyl (C=O) groups is 1. The fourth-order valence-electron chi connectivity index (χ4n) is 2.12. The zero-order valence-electron chi connectivity index (χ0n) is 10.7. The van der Waals surface area contributed by atoms with Crippen LogP contribution in [0.4, 0.5) is 5.13 Å². The summed E-state index contributed by atoms with van der Waals surface area (Å²) in [6.07, 6.45) is 1.96. The average Bonchev–Trinajstić information content (AvgIpc) is 2.79. The average molecular weight is 288 g/mol. The fraction of sp³-hybridized carbons (Fsp3) is 0.667. The van der Waals surface area contributed by atoms with Crippen molar-refractivity contribution in [2.24, 2.45) is 0 Å². The van der Waals surface area contributed by atoms with Crippen LogP contribution in [0.1, 0.15) is 29.9 Å². The molecule has 4 nitrogen and oxygen atoms in total. The maximum absolute atomic E-state index is 10.8. The van der Waals surface area contributed by atoms with Gasteiger partial charge in [-0.15, -0.1) is 0 Å². The number of rotatable bonds is 4. The monoisotopic (exact) mass is 287 g/mol. The van der Waals surface area contributed by atoms with Gasteiger partial charge in [0.05, 0.1) is 0 Å². The maximum Gasteiger partial charge on any atom is 0.187 e. The van der Waals surface area contributed by atoms with Crippen molar-refractivity contribution in [1.29, 1.82) is 0 Å². The number of aldehydes is 1. The molecule has 6 heteroatoms. The first-order valence-corrected chi connectivity index (χ1v) is 7.45. The van der Waals surface area contributed by atoms with Gasteiger partial charge >= 0.3 is 0 Å². The van der Waals surface area contributed by atoms with E-state index in [1.165, 1.54) is 17.8 Å². The summed E-state index contributed by atoms with van der Waals surface area (Å²) in [5, 5.41) is 1.19. The number of hydrogen-bond acceptors (Lipinski definition) is 5. The molecule has 2 rings (SSSR count). The van der Waals surface area contributed by atoms with Crippen LogP contribution in [0.25, 0.3) is 0 Å².